The molecule has 0 aliphatic carbocycles. The molecule has 232 valence electrons. The van der Waals surface area contributed by atoms with E-state index in [1.165, 1.54) is 6.92 Å². The highest BCUT2D eigenvalue weighted by Crippen LogP contribution is 2.07. The first-order valence-corrected chi connectivity index (χ1v) is 14.0. The molecule has 4 N–H and O–H groups in total. The van der Waals surface area contributed by atoms with Gasteiger partial charge in [0.2, 0.25) is 11.8 Å². The van der Waals surface area contributed by atoms with Crippen LogP contribution in [0.5, 0.6) is 0 Å². The van der Waals surface area contributed by atoms with Crippen molar-refractivity contribution in [3.05, 3.63) is 0 Å². The second-order valence-electron chi connectivity index (χ2n) is 11.3. The average molecular weight is 571 g/mol. The summed E-state index contributed by atoms with van der Waals surface area (Å²) in [6.07, 6.45) is 3.53. The third-order valence-corrected chi connectivity index (χ3v) is 5.06. The summed E-state index contributed by atoms with van der Waals surface area (Å²) in [6, 6.07) is 2.02. The van der Waals surface area contributed by atoms with Gasteiger partial charge in [-0.2, -0.15) is 5.26 Å². The smallest absolute Gasteiger partial charge is 0.407 e. The van der Waals surface area contributed by atoms with Crippen LogP contribution in [-0.2, 0) is 19.1 Å². The molecule has 40 heavy (non-hydrogen) atoms. The minimum atomic E-state index is -0.493. The van der Waals surface area contributed by atoms with Gasteiger partial charge in [-0.05, 0) is 80.2 Å². The molecule has 0 fully saturated rings. The fraction of sp³-hybridized carbons (Fsp3) is 0.821. The van der Waals surface area contributed by atoms with Crippen molar-refractivity contribution >= 4 is 24.0 Å². The lowest BCUT2D eigenvalue weighted by Gasteiger charge is -2.21. The molecule has 0 aliphatic rings. The zero-order valence-electron chi connectivity index (χ0n) is 26.1. The molecule has 0 rings (SSSR count). The first-order chi connectivity index (χ1) is 18.5. The van der Waals surface area contributed by atoms with Gasteiger partial charge in [0, 0.05) is 53.1 Å². The van der Waals surface area contributed by atoms with Gasteiger partial charge in [-0.15, -0.1) is 0 Å². The Balaban J connectivity index is 0. The predicted molar refractivity (Wildman–Crippen MR) is 155 cm³/mol. The second kappa shape index (κ2) is 21.7. The highest BCUT2D eigenvalue weighted by molar-refractivity contribution is 5.73. The van der Waals surface area contributed by atoms with E-state index < -0.39 is 23.4 Å². The number of hydrogen-bond acceptors (Lipinski definition) is 8. The van der Waals surface area contributed by atoms with E-state index in [2.05, 4.69) is 10.6 Å². The van der Waals surface area contributed by atoms with Gasteiger partial charge in [-0.1, -0.05) is 0 Å². The Kier molecular flexibility index (Phi) is 21.2. The van der Waals surface area contributed by atoms with Crippen LogP contribution >= 0.6 is 0 Å². The molecule has 0 spiro atoms. The van der Waals surface area contributed by atoms with Gasteiger partial charge >= 0.3 is 12.2 Å². The van der Waals surface area contributed by atoms with Gasteiger partial charge in [0.1, 0.15) is 11.2 Å². The number of nitrogens with one attached hydrogen (secondary N) is 2. The quantitative estimate of drug-likeness (QED) is 0.251. The number of nitriles is 1. The second-order valence-corrected chi connectivity index (χ2v) is 11.3. The van der Waals surface area contributed by atoms with Crippen molar-refractivity contribution in [2.75, 3.05) is 45.8 Å². The summed E-state index contributed by atoms with van der Waals surface area (Å²) in [6.45, 7) is 18.1. The molecular formula is C28H54N6O6. The number of amides is 4. The third kappa shape index (κ3) is 26.5. The fourth-order valence-corrected chi connectivity index (χ4v) is 3.19. The Morgan fingerprint density at radius 2 is 1.07 bits per heavy atom. The molecule has 0 heterocycles. The Bertz CT molecular complexity index is 786. The summed E-state index contributed by atoms with van der Waals surface area (Å²) in [7, 11) is 0. The maximum atomic E-state index is 11.4. The molecule has 0 aromatic rings. The molecule has 0 aromatic carbocycles. The van der Waals surface area contributed by atoms with Crippen LogP contribution in [0.15, 0.2) is 0 Å². The van der Waals surface area contributed by atoms with Crippen LogP contribution in [-0.4, -0.2) is 90.8 Å². The van der Waals surface area contributed by atoms with Crippen molar-refractivity contribution < 1.29 is 28.7 Å². The number of unbranched alkanes of at least 4 members (excludes halogenated alkanes) is 2. The Labute approximate surface area is 241 Å². The summed E-state index contributed by atoms with van der Waals surface area (Å²) in [4.78, 5) is 48.9. The standard InChI is InChI=1S/C14H29N3O3.C14H25N3O3/c2*1-12(18)17(11-7-8-15)10-6-5-9-16-13(19)20-14(2,3)4/h5-11,15H2,1-4H3,(H,16,19);5-7,9-11H2,1-4H3,(H,16,19). The van der Waals surface area contributed by atoms with Crippen LogP contribution in [0.2, 0.25) is 0 Å². The fourth-order valence-electron chi connectivity index (χ4n) is 3.19. The number of alkyl carbamates (subject to hydrolysis) is 2. The van der Waals surface area contributed by atoms with Crippen molar-refractivity contribution in [1.29, 1.82) is 5.26 Å². The monoisotopic (exact) mass is 570 g/mol. The van der Waals surface area contributed by atoms with Gasteiger partial charge in [-0.3, -0.25) is 9.59 Å². The number of rotatable bonds is 15. The lowest BCUT2D eigenvalue weighted by molar-refractivity contribution is -0.129. The molecule has 12 heteroatoms. The lowest BCUT2D eigenvalue weighted by Crippen LogP contribution is -2.34. The molecular weight excluding hydrogens is 516 g/mol. The van der Waals surface area contributed by atoms with Gasteiger partial charge < -0.3 is 35.6 Å². The first-order valence-electron chi connectivity index (χ1n) is 14.0. The van der Waals surface area contributed by atoms with Crippen molar-refractivity contribution in [2.24, 2.45) is 5.73 Å². The van der Waals surface area contributed by atoms with Gasteiger partial charge in [-0.25, -0.2) is 9.59 Å². The van der Waals surface area contributed by atoms with Crippen LogP contribution in [0.25, 0.3) is 0 Å². The Hall–Kier alpha value is -3.07. The lowest BCUT2D eigenvalue weighted by atomic mass is 10.2. The van der Waals surface area contributed by atoms with E-state index in [1.807, 2.05) is 47.6 Å². The van der Waals surface area contributed by atoms with E-state index in [1.54, 1.807) is 16.7 Å². The van der Waals surface area contributed by atoms with E-state index in [4.69, 9.17) is 20.5 Å². The zero-order chi connectivity index (χ0) is 31.2. The highest BCUT2D eigenvalue weighted by Gasteiger charge is 2.16. The minimum Gasteiger partial charge on any atom is -0.444 e. The molecule has 0 radical (unpaired) electrons. The molecule has 0 saturated carbocycles. The van der Waals surface area contributed by atoms with Gasteiger partial charge in [0.25, 0.3) is 0 Å². The molecule has 12 nitrogen and oxygen atoms in total. The van der Waals surface area contributed by atoms with Crippen LogP contribution in [0, 0.1) is 11.3 Å². The van der Waals surface area contributed by atoms with Crippen LogP contribution < -0.4 is 16.4 Å². The van der Waals surface area contributed by atoms with Crippen molar-refractivity contribution in [2.45, 2.75) is 105 Å². The predicted octanol–water partition coefficient (Wildman–Crippen LogP) is 3.54. The number of carbonyl (C=O) groups is 4. The first kappa shape index (κ1) is 39.1. The summed E-state index contributed by atoms with van der Waals surface area (Å²) < 4.78 is 10.2. The number of ether oxygens (including phenoxy) is 2. The summed E-state index contributed by atoms with van der Waals surface area (Å²) in [5.74, 6) is 0.0407. The summed E-state index contributed by atoms with van der Waals surface area (Å²) in [5.41, 5.74) is 4.47. The number of carbonyl (C=O) groups excluding carboxylic acids is 4. The van der Waals surface area contributed by atoms with E-state index >= 15 is 0 Å². The van der Waals surface area contributed by atoms with Crippen LogP contribution in [0.4, 0.5) is 9.59 Å². The maximum Gasteiger partial charge on any atom is 0.407 e. The van der Waals surface area contributed by atoms with Gasteiger partial charge in [0.15, 0.2) is 0 Å². The third-order valence-electron chi connectivity index (χ3n) is 5.06. The Morgan fingerprint density at radius 1 is 0.700 bits per heavy atom. The summed E-state index contributed by atoms with van der Waals surface area (Å²) >= 11 is 0. The molecule has 0 bridgehead atoms. The molecule has 0 aliphatic heterocycles. The number of hydrogen-bond donors (Lipinski definition) is 3. The molecule has 0 unspecified atom stereocenters. The normalized spacial score (nSPS) is 10.8. The molecule has 4 amide bonds. The number of nitrogens with two attached hydrogens (primary N) is 1. The van der Waals surface area contributed by atoms with Crippen LogP contribution in [0.1, 0.15) is 93.9 Å². The van der Waals surface area contributed by atoms with Crippen molar-refractivity contribution in [1.82, 2.24) is 20.4 Å². The SMILES string of the molecule is CC(=O)N(CCC#N)CCCCNC(=O)OC(C)(C)C.CC(=O)N(CCCN)CCCCNC(=O)OC(C)(C)C. The molecule has 0 atom stereocenters. The van der Waals surface area contributed by atoms with Crippen molar-refractivity contribution in [3.8, 4) is 6.07 Å². The minimum absolute atomic E-state index is 0.0275. The topological polar surface area (TPSA) is 167 Å². The average Bonchev–Trinajstić information content (AvgIpc) is 2.80. The van der Waals surface area contributed by atoms with Crippen LogP contribution in [0.3, 0.4) is 0 Å². The van der Waals surface area contributed by atoms with E-state index in [0.717, 1.165) is 32.1 Å². The van der Waals surface area contributed by atoms with Gasteiger partial charge in [0.05, 0.1) is 12.5 Å². The largest absolute Gasteiger partial charge is 0.444 e. The maximum absolute atomic E-state index is 11.4. The molecule has 0 aromatic heterocycles. The molecule has 0 saturated heterocycles. The number of nitrogens with zero attached hydrogens (tertiary/aromatic N) is 3. The Morgan fingerprint density at radius 3 is 1.40 bits per heavy atom. The highest BCUT2D eigenvalue weighted by atomic mass is 16.6. The van der Waals surface area contributed by atoms with Crippen molar-refractivity contribution in [3.63, 3.8) is 0 Å². The van der Waals surface area contributed by atoms with E-state index in [-0.39, 0.29) is 11.8 Å². The van der Waals surface area contributed by atoms with E-state index in [0.29, 0.717) is 52.2 Å². The van der Waals surface area contributed by atoms with E-state index in [9.17, 15) is 19.2 Å². The zero-order valence-corrected chi connectivity index (χ0v) is 26.1. The summed E-state index contributed by atoms with van der Waals surface area (Å²) in [5, 5.41) is 13.9.